The van der Waals surface area contributed by atoms with Gasteiger partial charge in [0.05, 0.1) is 0 Å². The number of amides is 1. The summed E-state index contributed by atoms with van der Waals surface area (Å²) in [6.45, 7) is 3.71. The molecule has 1 aliphatic rings. The molecule has 0 bridgehead atoms. The van der Waals surface area contributed by atoms with Crippen molar-refractivity contribution >= 4 is 5.91 Å². The van der Waals surface area contributed by atoms with Gasteiger partial charge in [0.1, 0.15) is 5.75 Å². The van der Waals surface area contributed by atoms with Crippen LogP contribution < -0.4 is 4.74 Å². The average molecular weight is 295 g/mol. The first kappa shape index (κ1) is 14.6. The third kappa shape index (κ3) is 3.30. The van der Waals surface area contributed by atoms with E-state index in [0.717, 1.165) is 30.8 Å². The molecule has 3 rings (SSSR count). The van der Waals surface area contributed by atoms with E-state index < -0.39 is 0 Å². The van der Waals surface area contributed by atoms with Crippen molar-refractivity contribution < 1.29 is 9.53 Å². The maximum absolute atomic E-state index is 12.3. The lowest BCUT2D eigenvalue weighted by molar-refractivity contribution is -0.132. The second-order valence-corrected chi connectivity index (χ2v) is 5.79. The Kier molecular flexibility index (Phi) is 4.42. The molecule has 3 heteroatoms. The van der Waals surface area contributed by atoms with Crippen LogP contribution in [0.4, 0.5) is 0 Å². The van der Waals surface area contributed by atoms with Crippen molar-refractivity contribution in [2.45, 2.75) is 19.3 Å². The van der Waals surface area contributed by atoms with Crippen LogP contribution in [0, 0.1) is 6.92 Å². The zero-order valence-electron chi connectivity index (χ0n) is 12.9. The van der Waals surface area contributed by atoms with E-state index in [0.29, 0.717) is 5.92 Å². The van der Waals surface area contributed by atoms with Crippen LogP contribution in [0.25, 0.3) is 0 Å². The van der Waals surface area contributed by atoms with Gasteiger partial charge in [0.15, 0.2) is 6.61 Å². The number of ether oxygens (including phenoxy) is 1. The maximum Gasteiger partial charge on any atom is 0.260 e. The number of carbonyl (C=O) groups is 1. The molecule has 0 aliphatic carbocycles. The predicted octanol–water partition coefficient (Wildman–Crippen LogP) is 3.39. The normalized spacial score (nSPS) is 17.5. The minimum atomic E-state index is 0.0710. The third-order valence-electron chi connectivity index (χ3n) is 4.26. The van der Waals surface area contributed by atoms with Crippen LogP contribution in [0.15, 0.2) is 54.6 Å². The molecule has 0 N–H and O–H groups in total. The van der Waals surface area contributed by atoms with E-state index in [1.807, 2.05) is 42.2 Å². The summed E-state index contributed by atoms with van der Waals surface area (Å²) in [5.74, 6) is 1.31. The van der Waals surface area contributed by atoms with E-state index in [4.69, 9.17) is 4.74 Å². The Morgan fingerprint density at radius 3 is 2.64 bits per heavy atom. The van der Waals surface area contributed by atoms with Gasteiger partial charge in [-0.1, -0.05) is 48.5 Å². The number of carbonyl (C=O) groups excluding carboxylic acids is 1. The topological polar surface area (TPSA) is 29.5 Å². The Morgan fingerprint density at radius 2 is 1.86 bits per heavy atom. The highest BCUT2D eigenvalue weighted by molar-refractivity contribution is 5.78. The van der Waals surface area contributed by atoms with Crippen molar-refractivity contribution in [2.24, 2.45) is 0 Å². The lowest BCUT2D eigenvalue weighted by Crippen LogP contribution is -2.32. The molecule has 2 aromatic carbocycles. The molecule has 1 heterocycles. The maximum atomic E-state index is 12.3. The summed E-state index contributed by atoms with van der Waals surface area (Å²) < 4.78 is 5.66. The van der Waals surface area contributed by atoms with E-state index in [9.17, 15) is 4.79 Å². The first-order valence-corrected chi connectivity index (χ1v) is 7.75. The molecule has 22 heavy (non-hydrogen) atoms. The zero-order valence-corrected chi connectivity index (χ0v) is 12.9. The fraction of sp³-hybridized carbons (Fsp3) is 0.316. The molecule has 1 fully saturated rings. The highest BCUT2D eigenvalue weighted by Gasteiger charge is 2.27. The lowest BCUT2D eigenvalue weighted by Gasteiger charge is -2.17. The standard InChI is InChI=1S/C19H21NO2/c1-15-7-5-6-10-18(15)22-14-19(21)20-12-11-17(13-20)16-8-3-2-4-9-16/h2-10,17H,11-14H2,1H3. The van der Waals surface area contributed by atoms with E-state index in [1.165, 1.54) is 5.56 Å². The summed E-state index contributed by atoms with van der Waals surface area (Å²) in [6.07, 6.45) is 1.03. The van der Waals surface area contributed by atoms with Crippen molar-refractivity contribution in [3.8, 4) is 5.75 Å². The van der Waals surface area contributed by atoms with Crippen molar-refractivity contribution in [1.82, 2.24) is 4.90 Å². The monoisotopic (exact) mass is 295 g/mol. The number of benzene rings is 2. The van der Waals surface area contributed by atoms with Crippen LogP contribution in [0.5, 0.6) is 5.75 Å². The molecular formula is C19H21NO2. The molecule has 0 aromatic heterocycles. The molecule has 1 aliphatic heterocycles. The second-order valence-electron chi connectivity index (χ2n) is 5.79. The van der Waals surface area contributed by atoms with Gasteiger partial charge in [0.2, 0.25) is 0 Å². The van der Waals surface area contributed by atoms with E-state index >= 15 is 0 Å². The summed E-state index contributed by atoms with van der Waals surface area (Å²) in [4.78, 5) is 14.2. The smallest absolute Gasteiger partial charge is 0.260 e. The van der Waals surface area contributed by atoms with Gasteiger partial charge in [-0.3, -0.25) is 4.79 Å². The molecular weight excluding hydrogens is 274 g/mol. The average Bonchev–Trinajstić information content (AvgIpc) is 3.05. The number of hydrogen-bond donors (Lipinski definition) is 0. The molecule has 2 aromatic rings. The SMILES string of the molecule is Cc1ccccc1OCC(=O)N1CCC(c2ccccc2)C1. The van der Waals surface area contributed by atoms with Crippen LogP contribution in [0.1, 0.15) is 23.5 Å². The second kappa shape index (κ2) is 6.65. The number of likely N-dealkylation sites (tertiary alicyclic amines) is 1. The largest absolute Gasteiger partial charge is 0.484 e. The van der Waals surface area contributed by atoms with Gasteiger partial charge in [0.25, 0.3) is 5.91 Å². The third-order valence-corrected chi connectivity index (χ3v) is 4.26. The Labute approximate surface area is 131 Å². The van der Waals surface area contributed by atoms with Crippen LogP contribution in [0.2, 0.25) is 0 Å². The van der Waals surface area contributed by atoms with Crippen LogP contribution >= 0.6 is 0 Å². The number of rotatable bonds is 4. The predicted molar refractivity (Wildman–Crippen MR) is 87.1 cm³/mol. The summed E-state index contributed by atoms with van der Waals surface area (Å²) in [5.41, 5.74) is 2.37. The summed E-state index contributed by atoms with van der Waals surface area (Å²) in [6, 6.07) is 18.2. The van der Waals surface area contributed by atoms with E-state index in [-0.39, 0.29) is 12.5 Å². The van der Waals surface area contributed by atoms with Gasteiger partial charge in [-0.05, 0) is 30.5 Å². The lowest BCUT2D eigenvalue weighted by atomic mass is 9.99. The van der Waals surface area contributed by atoms with E-state index in [1.54, 1.807) is 0 Å². The molecule has 1 unspecified atom stereocenters. The quantitative estimate of drug-likeness (QED) is 0.865. The molecule has 0 spiro atoms. The van der Waals surface area contributed by atoms with Crippen LogP contribution in [0.3, 0.4) is 0 Å². The molecule has 3 nitrogen and oxygen atoms in total. The molecule has 114 valence electrons. The van der Waals surface area contributed by atoms with Crippen molar-refractivity contribution in [2.75, 3.05) is 19.7 Å². The van der Waals surface area contributed by atoms with Crippen molar-refractivity contribution in [1.29, 1.82) is 0 Å². The van der Waals surface area contributed by atoms with Crippen LogP contribution in [-0.2, 0) is 4.79 Å². The first-order chi connectivity index (χ1) is 10.7. The molecule has 1 amide bonds. The number of aryl methyl sites for hydroxylation is 1. The number of para-hydroxylation sites is 1. The molecule has 0 radical (unpaired) electrons. The minimum absolute atomic E-state index is 0.0710. The minimum Gasteiger partial charge on any atom is -0.484 e. The van der Waals surface area contributed by atoms with Gasteiger partial charge >= 0.3 is 0 Å². The van der Waals surface area contributed by atoms with E-state index in [2.05, 4.69) is 24.3 Å². The van der Waals surface area contributed by atoms with Gasteiger partial charge in [0, 0.05) is 19.0 Å². The number of nitrogens with zero attached hydrogens (tertiary/aromatic N) is 1. The molecule has 1 atom stereocenters. The Morgan fingerprint density at radius 1 is 1.14 bits per heavy atom. The Hall–Kier alpha value is -2.29. The highest BCUT2D eigenvalue weighted by Crippen LogP contribution is 2.27. The van der Waals surface area contributed by atoms with Gasteiger partial charge in [-0.2, -0.15) is 0 Å². The summed E-state index contributed by atoms with van der Waals surface area (Å²) in [5, 5.41) is 0. The van der Waals surface area contributed by atoms with Crippen molar-refractivity contribution in [3.05, 3.63) is 65.7 Å². The van der Waals surface area contributed by atoms with Crippen molar-refractivity contribution in [3.63, 3.8) is 0 Å². The summed E-state index contributed by atoms with van der Waals surface area (Å²) in [7, 11) is 0. The number of hydrogen-bond acceptors (Lipinski definition) is 2. The molecule has 1 saturated heterocycles. The first-order valence-electron chi connectivity index (χ1n) is 7.75. The van der Waals surface area contributed by atoms with Gasteiger partial charge in [-0.15, -0.1) is 0 Å². The fourth-order valence-electron chi connectivity index (χ4n) is 2.93. The van der Waals surface area contributed by atoms with Gasteiger partial charge in [-0.25, -0.2) is 0 Å². The Balaban J connectivity index is 1.55. The Bertz CT molecular complexity index is 639. The summed E-state index contributed by atoms with van der Waals surface area (Å²) >= 11 is 0. The fourth-order valence-corrected chi connectivity index (χ4v) is 2.93. The van der Waals surface area contributed by atoms with Gasteiger partial charge < -0.3 is 9.64 Å². The zero-order chi connectivity index (χ0) is 15.4. The highest BCUT2D eigenvalue weighted by atomic mass is 16.5. The van der Waals surface area contributed by atoms with Crippen LogP contribution in [-0.4, -0.2) is 30.5 Å². The molecule has 0 saturated carbocycles.